The third-order valence-electron chi connectivity index (χ3n) is 7.48. The highest BCUT2D eigenvalue weighted by atomic mass is 16.6. The molecule has 4 rings (SSSR count). The maximum Gasteiger partial charge on any atom is 0.309 e. The van der Waals surface area contributed by atoms with Crippen LogP contribution in [-0.4, -0.2) is 23.1 Å². The van der Waals surface area contributed by atoms with Crippen LogP contribution in [0.15, 0.2) is 0 Å². The van der Waals surface area contributed by atoms with Gasteiger partial charge in [-0.2, -0.15) is 0 Å². The van der Waals surface area contributed by atoms with E-state index >= 15 is 0 Å². The van der Waals surface area contributed by atoms with Gasteiger partial charge in [0.2, 0.25) is 0 Å². The van der Waals surface area contributed by atoms with E-state index in [-0.39, 0.29) is 29.4 Å². The van der Waals surface area contributed by atoms with Crippen molar-refractivity contribution >= 4 is 11.9 Å². The third kappa shape index (κ3) is 5.17. The summed E-state index contributed by atoms with van der Waals surface area (Å²) in [5.41, 5.74) is -0.0495. The van der Waals surface area contributed by atoms with Gasteiger partial charge < -0.3 is 9.47 Å². The van der Waals surface area contributed by atoms with Gasteiger partial charge in [0, 0.05) is 0 Å². The molecule has 4 saturated carbocycles. The smallest absolute Gasteiger partial charge is 0.309 e. The predicted octanol–water partition coefficient (Wildman–Crippen LogP) is 6.06. The van der Waals surface area contributed by atoms with Crippen molar-refractivity contribution in [2.75, 3.05) is 0 Å². The molecule has 29 heavy (non-hydrogen) atoms. The molecule has 4 nitrogen and oxygen atoms in total. The first kappa shape index (κ1) is 22.6. The van der Waals surface area contributed by atoms with E-state index in [0.717, 1.165) is 25.7 Å². The molecule has 4 unspecified atom stereocenters. The zero-order valence-corrected chi connectivity index (χ0v) is 19.7. The Balaban J connectivity index is 1.58. The largest absolute Gasteiger partial charge is 0.460 e. The van der Waals surface area contributed by atoms with Crippen molar-refractivity contribution in [3.63, 3.8) is 0 Å². The minimum atomic E-state index is -0.473. The summed E-state index contributed by atoms with van der Waals surface area (Å²) in [7, 11) is 0. The molecule has 4 atom stereocenters. The molecule has 0 amide bonds. The quantitative estimate of drug-likeness (QED) is 0.482. The highest BCUT2D eigenvalue weighted by Gasteiger charge is 2.62. The lowest BCUT2D eigenvalue weighted by Gasteiger charge is -2.64. The van der Waals surface area contributed by atoms with Crippen LogP contribution in [-0.2, 0) is 19.1 Å². The molecule has 0 N–H and O–H groups in total. The fourth-order valence-corrected chi connectivity index (χ4v) is 7.21. The van der Waals surface area contributed by atoms with Gasteiger partial charge in [0.25, 0.3) is 0 Å². The maximum atomic E-state index is 13.1. The van der Waals surface area contributed by atoms with Gasteiger partial charge in [-0.05, 0) is 95.3 Å². The van der Waals surface area contributed by atoms with Gasteiger partial charge in [-0.3, -0.25) is 9.59 Å². The van der Waals surface area contributed by atoms with E-state index in [2.05, 4.69) is 13.8 Å². The van der Waals surface area contributed by atoms with Crippen LogP contribution in [0.5, 0.6) is 0 Å². The molecular weight excluding hydrogens is 364 g/mol. The first-order valence-electron chi connectivity index (χ1n) is 11.7. The molecule has 0 saturated heterocycles. The van der Waals surface area contributed by atoms with E-state index < -0.39 is 5.60 Å². The molecular formula is C25H42O4. The lowest BCUT2D eigenvalue weighted by Crippen LogP contribution is -2.60. The van der Waals surface area contributed by atoms with Crippen LogP contribution in [0.4, 0.5) is 0 Å². The molecule has 0 aromatic heterocycles. The zero-order chi connectivity index (χ0) is 21.7. The summed E-state index contributed by atoms with van der Waals surface area (Å²) in [6.45, 7) is 14.4. The predicted molar refractivity (Wildman–Crippen MR) is 114 cm³/mol. The lowest BCUT2D eigenvalue weighted by atomic mass is 9.43. The second-order valence-corrected chi connectivity index (χ2v) is 12.4. The average Bonchev–Trinajstić information content (AvgIpc) is 2.49. The van der Waals surface area contributed by atoms with Gasteiger partial charge in [0.1, 0.15) is 11.2 Å². The number of esters is 2. The van der Waals surface area contributed by atoms with Crippen LogP contribution in [0.25, 0.3) is 0 Å². The average molecular weight is 407 g/mol. The van der Waals surface area contributed by atoms with Gasteiger partial charge in [-0.1, -0.05) is 27.7 Å². The zero-order valence-electron chi connectivity index (χ0n) is 19.7. The van der Waals surface area contributed by atoms with Crippen LogP contribution in [0.3, 0.4) is 0 Å². The van der Waals surface area contributed by atoms with Gasteiger partial charge >= 0.3 is 11.9 Å². The van der Waals surface area contributed by atoms with Gasteiger partial charge in [0.15, 0.2) is 0 Å². The Morgan fingerprint density at radius 1 is 0.966 bits per heavy atom. The molecule has 0 aromatic carbocycles. The first-order chi connectivity index (χ1) is 13.3. The van der Waals surface area contributed by atoms with E-state index in [1.165, 1.54) is 19.3 Å². The molecule has 4 heteroatoms. The molecule has 166 valence electrons. The van der Waals surface area contributed by atoms with Crippen LogP contribution in [0.1, 0.15) is 106 Å². The normalized spacial score (nSPS) is 37.8. The van der Waals surface area contributed by atoms with E-state index in [0.29, 0.717) is 29.6 Å². The molecule has 0 aliphatic heterocycles. The van der Waals surface area contributed by atoms with Crippen LogP contribution in [0.2, 0.25) is 0 Å². The second kappa shape index (κ2) is 7.57. The summed E-state index contributed by atoms with van der Waals surface area (Å²) in [4.78, 5) is 25.4. The SMILES string of the molecule is CCC(CCC(C)C(=O)OC(C)(C)C)C(=O)OC12CC3CC(C)(CC(C)(C3)C1)C2. The molecule has 4 bridgehead atoms. The van der Waals surface area contributed by atoms with Crippen molar-refractivity contribution in [1.82, 2.24) is 0 Å². The van der Waals surface area contributed by atoms with Crippen LogP contribution >= 0.6 is 0 Å². The Kier molecular flexibility index (Phi) is 5.90. The summed E-state index contributed by atoms with van der Waals surface area (Å²) < 4.78 is 11.8. The van der Waals surface area contributed by atoms with Gasteiger partial charge in [-0.25, -0.2) is 0 Å². The van der Waals surface area contributed by atoms with Crippen LogP contribution in [0, 0.1) is 28.6 Å². The Morgan fingerprint density at radius 2 is 1.55 bits per heavy atom. The minimum Gasteiger partial charge on any atom is -0.460 e. The van der Waals surface area contributed by atoms with E-state index in [1.54, 1.807) is 0 Å². The summed E-state index contributed by atoms with van der Waals surface area (Å²) in [5, 5.41) is 0. The molecule has 4 fully saturated rings. The summed E-state index contributed by atoms with van der Waals surface area (Å²) in [5.74, 6) is 0.156. The van der Waals surface area contributed by atoms with Crippen molar-refractivity contribution in [3.8, 4) is 0 Å². The van der Waals surface area contributed by atoms with Crippen molar-refractivity contribution < 1.29 is 19.1 Å². The topological polar surface area (TPSA) is 52.6 Å². The molecule has 4 aliphatic rings. The number of carbonyl (C=O) groups is 2. The van der Waals surface area contributed by atoms with Gasteiger partial charge in [0.05, 0.1) is 11.8 Å². The summed E-state index contributed by atoms with van der Waals surface area (Å²) >= 11 is 0. The molecule has 0 aromatic rings. The summed E-state index contributed by atoms with van der Waals surface area (Å²) in [6.07, 6.45) is 9.09. The minimum absolute atomic E-state index is 0.0435. The van der Waals surface area contributed by atoms with Crippen molar-refractivity contribution in [2.45, 2.75) is 117 Å². The molecule has 0 spiro atoms. The number of hydrogen-bond donors (Lipinski definition) is 0. The fourth-order valence-electron chi connectivity index (χ4n) is 7.21. The van der Waals surface area contributed by atoms with Crippen molar-refractivity contribution in [1.29, 1.82) is 0 Å². The highest BCUT2D eigenvalue weighted by Crippen LogP contribution is 2.67. The molecule has 4 aliphatic carbocycles. The Bertz CT molecular complexity index is 628. The number of hydrogen-bond acceptors (Lipinski definition) is 4. The summed E-state index contributed by atoms with van der Waals surface area (Å²) in [6, 6.07) is 0. The Labute approximate surface area is 177 Å². The Morgan fingerprint density at radius 3 is 2.03 bits per heavy atom. The standard InChI is InChI=1S/C25H42O4/c1-8-19(10-9-17(2)20(26)28-22(3,4)5)21(27)29-25-13-18-11-23(6,15-25)14-24(7,12-18)16-25/h17-19H,8-16H2,1-7H3. The second-order valence-electron chi connectivity index (χ2n) is 12.4. The monoisotopic (exact) mass is 406 g/mol. The number of carbonyl (C=O) groups excluding carboxylic acids is 2. The number of rotatable bonds is 7. The lowest BCUT2D eigenvalue weighted by molar-refractivity contribution is -0.219. The third-order valence-corrected chi connectivity index (χ3v) is 7.48. The first-order valence-corrected chi connectivity index (χ1v) is 11.7. The molecule has 0 heterocycles. The van der Waals surface area contributed by atoms with E-state index in [1.807, 2.05) is 34.6 Å². The van der Waals surface area contributed by atoms with E-state index in [9.17, 15) is 9.59 Å². The number of ether oxygens (including phenoxy) is 2. The molecule has 0 radical (unpaired) electrons. The Hall–Kier alpha value is -1.06. The fraction of sp³-hybridized carbons (Fsp3) is 0.920. The maximum absolute atomic E-state index is 13.1. The van der Waals surface area contributed by atoms with E-state index in [4.69, 9.17) is 9.47 Å². The van der Waals surface area contributed by atoms with Crippen molar-refractivity contribution in [3.05, 3.63) is 0 Å². The van der Waals surface area contributed by atoms with Gasteiger partial charge in [-0.15, -0.1) is 0 Å². The highest BCUT2D eigenvalue weighted by molar-refractivity contribution is 5.74. The van der Waals surface area contributed by atoms with Crippen molar-refractivity contribution in [2.24, 2.45) is 28.6 Å². The van der Waals surface area contributed by atoms with Crippen LogP contribution < -0.4 is 0 Å².